The molecule has 0 unspecified atom stereocenters. The molecule has 0 fully saturated rings. The van der Waals surface area contributed by atoms with Crippen LogP contribution in [0.5, 0.6) is 5.75 Å². The largest absolute Gasteiger partial charge is 0.486 e. The molecule has 0 radical (unpaired) electrons. The number of carbonyl (C=O) groups is 1. The predicted octanol–water partition coefficient (Wildman–Crippen LogP) is 5.83. The van der Waals surface area contributed by atoms with Crippen LogP contribution in [-0.4, -0.2) is 20.7 Å². The van der Waals surface area contributed by atoms with Gasteiger partial charge >= 0.3 is 0 Å². The summed E-state index contributed by atoms with van der Waals surface area (Å²) in [4.78, 5) is 13.2. The van der Waals surface area contributed by atoms with Gasteiger partial charge in [0.25, 0.3) is 0 Å². The number of amides is 1. The van der Waals surface area contributed by atoms with Crippen molar-refractivity contribution in [1.29, 1.82) is 0 Å². The molecule has 1 N–H and O–H groups in total. The van der Waals surface area contributed by atoms with E-state index in [0.717, 1.165) is 16.8 Å². The van der Waals surface area contributed by atoms with Crippen molar-refractivity contribution in [1.82, 2.24) is 14.8 Å². The lowest BCUT2D eigenvalue weighted by Gasteiger charge is -2.17. The standard InChI is InChI=1S/C25H23ClN4O2S/c1-17-8-12-20(13-9-17)27-24(31)23(18-6-4-3-5-7-18)33-25-29-28-22(30(25)2)16-32-21-14-10-19(26)11-15-21/h3-15,23H,16H2,1-2H3,(H,27,31)/t23-/m0/s1. The fourth-order valence-corrected chi connectivity index (χ4v) is 4.25. The van der Waals surface area contributed by atoms with Gasteiger partial charge < -0.3 is 14.6 Å². The third-order valence-electron chi connectivity index (χ3n) is 4.99. The quantitative estimate of drug-likeness (QED) is 0.323. The Hall–Kier alpha value is -3.29. The first-order chi connectivity index (χ1) is 16.0. The van der Waals surface area contributed by atoms with Crippen LogP contribution in [0.25, 0.3) is 0 Å². The minimum Gasteiger partial charge on any atom is -0.486 e. The van der Waals surface area contributed by atoms with Gasteiger partial charge in [0.1, 0.15) is 17.6 Å². The topological polar surface area (TPSA) is 69.0 Å². The van der Waals surface area contributed by atoms with E-state index in [4.69, 9.17) is 16.3 Å². The van der Waals surface area contributed by atoms with Crippen LogP contribution in [0.1, 0.15) is 22.2 Å². The summed E-state index contributed by atoms with van der Waals surface area (Å²) in [5, 5.41) is 12.3. The summed E-state index contributed by atoms with van der Waals surface area (Å²) in [6, 6.07) is 24.5. The molecule has 168 valence electrons. The van der Waals surface area contributed by atoms with Crippen molar-refractivity contribution in [2.75, 3.05) is 5.32 Å². The van der Waals surface area contributed by atoms with E-state index < -0.39 is 5.25 Å². The van der Waals surface area contributed by atoms with Crippen molar-refractivity contribution >= 4 is 35.0 Å². The Labute approximate surface area is 202 Å². The van der Waals surface area contributed by atoms with E-state index in [1.807, 2.05) is 73.1 Å². The maximum Gasteiger partial charge on any atom is 0.242 e. The summed E-state index contributed by atoms with van der Waals surface area (Å²) in [5.41, 5.74) is 2.77. The highest BCUT2D eigenvalue weighted by molar-refractivity contribution is 8.00. The third kappa shape index (κ3) is 5.94. The highest BCUT2D eigenvalue weighted by Gasteiger charge is 2.25. The molecule has 0 aliphatic carbocycles. The zero-order chi connectivity index (χ0) is 23.2. The Morgan fingerprint density at radius 3 is 2.42 bits per heavy atom. The van der Waals surface area contributed by atoms with E-state index in [1.54, 1.807) is 24.3 Å². The van der Waals surface area contributed by atoms with Gasteiger partial charge in [0.15, 0.2) is 11.0 Å². The van der Waals surface area contributed by atoms with Gasteiger partial charge in [-0.2, -0.15) is 0 Å². The molecule has 1 aromatic heterocycles. The van der Waals surface area contributed by atoms with Crippen molar-refractivity contribution in [2.24, 2.45) is 7.05 Å². The number of thioether (sulfide) groups is 1. The molecule has 0 spiro atoms. The number of hydrogen-bond donors (Lipinski definition) is 1. The number of hydrogen-bond acceptors (Lipinski definition) is 5. The number of halogens is 1. The average molecular weight is 479 g/mol. The zero-order valence-electron chi connectivity index (χ0n) is 18.2. The normalized spacial score (nSPS) is 11.7. The molecule has 0 bridgehead atoms. The maximum atomic E-state index is 13.2. The van der Waals surface area contributed by atoms with Gasteiger partial charge in [-0.3, -0.25) is 4.79 Å². The van der Waals surface area contributed by atoms with Crippen molar-refractivity contribution < 1.29 is 9.53 Å². The first-order valence-electron chi connectivity index (χ1n) is 10.4. The Balaban J connectivity index is 1.50. The third-order valence-corrected chi connectivity index (χ3v) is 6.53. The van der Waals surface area contributed by atoms with Gasteiger partial charge in [0.05, 0.1) is 0 Å². The molecule has 0 saturated carbocycles. The monoisotopic (exact) mass is 478 g/mol. The molecule has 0 aliphatic rings. The smallest absolute Gasteiger partial charge is 0.242 e. The Bertz CT molecular complexity index is 1210. The number of aromatic nitrogens is 3. The van der Waals surface area contributed by atoms with E-state index in [2.05, 4.69) is 15.5 Å². The predicted molar refractivity (Wildman–Crippen MR) is 132 cm³/mol. The molecule has 4 aromatic rings. The van der Waals surface area contributed by atoms with E-state index in [9.17, 15) is 4.79 Å². The summed E-state index contributed by atoms with van der Waals surface area (Å²) in [5.74, 6) is 1.21. The molecule has 6 nitrogen and oxygen atoms in total. The lowest BCUT2D eigenvalue weighted by molar-refractivity contribution is -0.115. The fraction of sp³-hybridized carbons (Fsp3) is 0.160. The number of ether oxygens (including phenoxy) is 1. The molecular formula is C25H23ClN4O2S. The van der Waals surface area contributed by atoms with Crippen LogP contribution in [0.4, 0.5) is 5.69 Å². The van der Waals surface area contributed by atoms with Gasteiger partial charge in [-0.25, -0.2) is 0 Å². The van der Waals surface area contributed by atoms with E-state index >= 15 is 0 Å². The number of rotatable bonds is 8. The molecule has 1 heterocycles. The molecular weight excluding hydrogens is 456 g/mol. The molecule has 0 saturated heterocycles. The van der Waals surface area contributed by atoms with Gasteiger partial charge in [0, 0.05) is 17.8 Å². The summed E-state index contributed by atoms with van der Waals surface area (Å²) < 4.78 is 7.64. The van der Waals surface area contributed by atoms with Gasteiger partial charge in [-0.15, -0.1) is 10.2 Å². The van der Waals surface area contributed by atoms with Gasteiger partial charge in [-0.05, 0) is 48.9 Å². The minimum atomic E-state index is -0.500. The number of nitrogens with one attached hydrogen (secondary N) is 1. The second-order valence-corrected chi connectivity index (χ2v) is 8.97. The van der Waals surface area contributed by atoms with Crippen LogP contribution in [-0.2, 0) is 18.4 Å². The molecule has 1 amide bonds. The number of carbonyl (C=O) groups excluding carboxylic acids is 1. The Kier molecular flexibility index (Phi) is 7.32. The number of aryl methyl sites for hydroxylation is 1. The van der Waals surface area contributed by atoms with Crippen molar-refractivity contribution in [3.63, 3.8) is 0 Å². The van der Waals surface area contributed by atoms with Crippen LogP contribution in [0, 0.1) is 6.92 Å². The molecule has 8 heteroatoms. The lowest BCUT2D eigenvalue weighted by atomic mass is 10.1. The highest BCUT2D eigenvalue weighted by atomic mass is 35.5. The van der Waals surface area contributed by atoms with Gasteiger partial charge in [-0.1, -0.05) is 71.4 Å². The highest BCUT2D eigenvalue weighted by Crippen LogP contribution is 2.35. The lowest BCUT2D eigenvalue weighted by Crippen LogP contribution is -2.19. The van der Waals surface area contributed by atoms with Crippen LogP contribution >= 0.6 is 23.4 Å². The molecule has 33 heavy (non-hydrogen) atoms. The summed E-state index contributed by atoms with van der Waals surface area (Å²) in [7, 11) is 1.86. The first-order valence-corrected chi connectivity index (χ1v) is 11.6. The Morgan fingerprint density at radius 1 is 1.03 bits per heavy atom. The van der Waals surface area contributed by atoms with Gasteiger partial charge in [0.2, 0.25) is 5.91 Å². The van der Waals surface area contributed by atoms with E-state index in [-0.39, 0.29) is 12.5 Å². The number of anilines is 1. The fourth-order valence-electron chi connectivity index (χ4n) is 3.10. The van der Waals surface area contributed by atoms with Crippen LogP contribution in [0.15, 0.2) is 84.0 Å². The molecule has 1 atom stereocenters. The summed E-state index contributed by atoms with van der Waals surface area (Å²) >= 11 is 7.27. The molecule has 3 aromatic carbocycles. The minimum absolute atomic E-state index is 0.128. The zero-order valence-corrected chi connectivity index (χ0v) is 19.8. The molecule has 4 rings (SSSR count). The number of nitrogens with zero attached hydrogens (tertiary/aromatic N) is 3. The Morgan fingerprint density at radius 2 is 1.73 bits per heavy atom. The number of benzene rings is 3. The average Bonchev–Trinajstić information content (AvgIpc) is 3.18. The van der Waals surface area contributed by atoms with Crippen LogP contribution in [0.2, 0.25) is 5.02 Å². The van der Waals surface area contributed by atoms with Crippen molar-refractivity contribution in [3.05, 3.63) is 101 Å². The van der Waals surface area contributed by atoms with E-state index in [1.165, 1.54) is 11.8 Å². The van der Waals surface area contributed by atoms with Crippen LogP contribution < -0.4 is 10.1 Å². The van der Waals surface area contributed by atoms with Crippen molar-refractivity contribution in [2.45, 2.75) is 23.9 Å². The SMILES string of the molecule is Cc1ccc(NC(=O)[C@@H](Sc2nnc(COc3ccc(Cl)cc3)n2C)c2ccccc2)cc1. The second-order valence-electron chi connectivity index (χ2n) is 7.46. The summed E-state index contributed by atoms with van der Waals surface area (Å²) in [6.45, 7) is 2.26. The first kappa shape index (κ1) is 22.9. The van der Waals surface area contributed by atoms with Crippen molar-refractivity contribution in [3.8, 4) is 5.75 Å². The maximum absolute atomic E-state index is 13.2. The summed E-state index contributed by atoms with van der Waals surface area (Å²) in [6.07, 6.45) is 0. The van der Waals surface area contributed by atoms with E-state index in [0.29, 0.717) is 21.8 Å². The second kappa shape index (κ2) is 10.6. The van der Waals surface area contributed by atoms with Crippen LogP contribution in [0.3, 0.4) is 0 Å². The molecule has 0 aliphatic heterocycles.